The second-order valence-corrected chi connectivity index (χ2v) is 5.52. The van der Waals surface area contributed by atoms with Gasteiger partial charge >= 0.3 is 0 Å². The normalized spacial score (nSPS) is 26.8. The molecule has 1 aromatic rings. The molecule has 0 bridgehead atoms. The van der Waals surface area contributed by atoms with Crippen LogP contribution in [0.15, 0.2) is 30.3 Å². The van der Waals surface area contributed by atoms with Crippen LogP contribution in [0.25, 0.3) is 0 Å². The number of ketones is 1. The van der Waals surface area contributed by atoms with E-state index in [1.165, 1.54) is 0 Å². The molecular formula is C15H20O3. The first kappa shape index (κ1) is 13.2. The minimum atomic E-state index is -0.536. The zero-order valence-electron chi connectivity index (χ0n) is 10.9. The molecule has 1 aliphatic heterocycles. The number of carbonyl (C=O) groups excluding carboxylic acids is 1. The zero-order valence-corrected chi connectivity index (χ0v) is 10.9. The highest BCUT2D eigenvalue weighted by Crippen LogP contribution is 2.30. The molecule has 1 aromatic carbocycles. The lowest BCUT2D eigenvalue weighted by atomic mass is 9.90. The summed E-state index contributed by atoms with van der Waals surface area (Å²) < 4.78 is 5.81. The lowest BCUT2D eigenvalue weighted by Crippen LogP contribution is -2.44. The summed E-state index contributed by atoms with van der Waals surface area (Å²) in [6.07, 6.45) is 0.838. The monoisotopic (exact) mass is 248 g/mol. The van der Waals surface area contributed by atoms with Crippen molar-refractivity contribution < 1.29 is 14.6 Å². The van der Waals surface area contributed by atoms with E-state index in [1.807, 2.05) is 32.0 Å². The van der Waals surface area contributed by atoms with Crippen LogP contribution in [0.5, 0.6) is 0 Å². The van der Waals surface area contributed by atoms with Crippen molar-refractivity contribution in [2.75, 3.05) is 0 Å². The maximum atomic E-state index is 12.1. The molecule has 3 nitrogen and oxygen atoms in total. The van der Waals surface area contributed by atoms with E-state index >= 15 is 0 Å². The Morgan fingerprint density at radius 1 is 1.39 bits per heavy atom. The number of aliphatic hydroxyl groups excluding tert-OH is 1. The summed E-state index contributed by atoms with van der Waals surface area (Å²) in [4.78, 5) is 12.1. The third-order valence-electron chi connectivity index (χ3n) is 3.42. The Labute approximate surface area is 108 Å². The predicted octanol–water partition coefficient (Wildman–Crippen LogP) is 2.58. The lowest BCUT2D eigenvalue weighted by molar-refractivity contribution is -0.157. The summed E-state index contributed by atoms with van der Waals surface area (Å²) >= 11 is 0. The molecule has 0 spiro atoms. The molecule has 2 atom stereocenters. The van der Waals surface area contributed by atoms with E-state index in [9.17, 15) is 9.90 Å². The van der Waals surface area contributed by atoms with Crippen LogP contribution in [-0.4, -0.2) is 28.7 Å². The van der Waals surface area contributed by atoms with Crippen molar-refractivity contribution in [2.24, 2.45) is 0 Å². The fourth-order valence-corrected chi connectivity index (χ4v) is 2.33. The average Bonchev–Trinajstić information content (AvgIpc) is 2.35. The van der Waals surface area contributed by atoms with Crippen LogP contribution < -0.4 is 0 Å². The number of hydrogen-bond donors (Lipinski definition) is 1. The van der Waals surface area contributed by atoms with E-state index in [4.69, 9.17) is 4.74 Å². The number of carbonyl (C=O) groups is 1. The van der Waals surface area contributed by atoms with Gasteiger partial charge in [0.2, 0.25) is 0 Å². The smallest absolute Gasteiger partial charge is 0.165 e. The van der Waals surface area contributed by atoms with Crippen molar-refractivity contribution in [3.05, 3.63) is 35.9 Å². The number of Topliss-reactive ketones (excluding diaryl/α,β-unsaturated/α-hetero) is 1. The van der Waals surface area contributed by atoms with Crippen LogP contribution >= 0.6 is 0 Å². The Morgan fingerprint density at radius 3 is 2.72 bits per heavy atom. The summed E-state index contributed by atoms with van der Waals surface area (Å²) in [5, 5.41) is 9.92. The summed E-state index contributed by atoms with van der Waals surface area (Å²) in [5.74, 6) is 0.0253. The van der Waals surface area contributed by atoms with Crippen molar-refractivity contribution in [1.29, 1.82) is 0 Å². The molecule has 0 amide bonds. The van der Waals surface area contributed by atoms with Crippen molar-refractivity contribution in [2.45, 2.75) is 50.9 Å². The number of rotatable bonds is 3. The van der Waals surface area contributed by atoms with Gasteiger partial charge in [0.1, 0.15) is 0 Å². The second kappa shape index (κ2) is 5.21. The van der Waals surface area contributed by atoms with E-state index in [2.05, 4.69) is 0 Å². The molecule has 0 radical (unpaired) electrons. The van der Waals surface area contributed by atoms with Crippen LogP contribution in [0.2, 0.25) is 0 Å². The van der Waals surface area contributed by atoms with Gasteiger partial charge in [-0.2, -0.15) is 0 Å². The molecule has 1 heterocycles. The Kier molecular flexibility index (Phi) is 3.83. The number of aliphatic hydroxyl groups is 1. The molecule has 98 valence electrons. The van der Waals surface area contributed by atoms with Crippen LogP contribution in [0.1, 0.15) is 43.5 Å². The molecular weight excluding hydrogens is 228 g/mol. The third-order valence-corrected chi connectivity index (χ3v) is 3.42. The molecule has 0 saturated carbocycles. The number of benzene rings is 1. The van der Waals surface area contributed by atoms with Crippen LogP contribution in [0.4, 0.5) is 0 Å². The highest BCUT2D eigenvalue weighted by molar-refractivity contribution is 5.96. The van der Waals surface area contributed by atoms with Gasteiger partial charge in [-0.15, -0.1) is 0 Å². The summed E-state index contributed by atoms with van der Waals surface area (Å²) in [6, 6.07) is 9.15. The van der Waals surface area contributed by atoms with E-state index in [0.29, 0.717) is 12.0 Å². The fraction of sp³-hybridized carbons (Fsp3) is 0.533. The summed E-state index contributed by atoms with van der Waals surface area (Å²) in [5.41, 5.74) is 0.428. The van der Waals surface area contributed by atoms with E-state index in [1.54, 1.807) is 12.1 Å². The maximum absolute atomic E-state index is 12.1. The molecule has 1 aliphatic rings. The van der Waals surface area contributed by atoms with Gasteiger partial charge in [0.25, 0.3) is 0 Å². The molecule has 1 fully saturated rings. The maximum Gasteiger partial charge on any atom is 0.165 e. The molecule has 18 heavy (non-hydrogen) atoms. The molecule has 1 saturated heterocycles. The molecule has 0 aliphatic carbocycles. The van der Waals surface area contributed by atoms with Gasteiger partial charge < -0.3 is 9.84 Å². The summed E-state index contributed by atoms with van der Waals surface area (Å²) in [7, 11) is 0. The van der Waals surface area contributed by atoms with Gasteiger partial charge in [0.15, 0.2) is 5.78 Å². The van der Waals surface area contributed by atoms with E-state index < -0.39 is 6.10 Å². The highest BCUT2D eigenvalue weighted by Gasteiger charge is 2.35. The summed E-state index contributed by atoms with van der Waals surface area (Å²) in [6.45, 7) is 4.00. The molecule has 0 unspecified atom stereocenters. The van der Waals surface area contributed by atoms with Gasteiger partial charge in [-0.25, -0.2) is 0 Å². The van der Waals surface area contributed by atoms with Crippen molar-refractivity contribution >= 4 is 5.78 Å². The highest BCUT2D eigenvalue weighted by atomic mass is 16.5. The number of hydrogen-bond acceptors (Lipinski definition) is 3. The average molecular weight is 248 g/mol. The minimum absolute atomic E-state index is 0.0253. The Bertz CT molecular complexity index is 411. The largest absolute Gasteiger partial charge is 0.390 e. The molecule has 1 N–H and O–H groups in total. The topological polar surface area (TPSA) is 46.5 Å². The van der Waals surface area contributed by atoms with Gasteiger partial charge in [-0.05, 0) is 26.7 Å². The number of ether oxygens (including phenoxy) is 1. The Morgan fingerprint density at radius 2 is 2.06 bits per heavy atom. The van der Waals surface area contributed by atoms with E-state index in [-0.39, 0.29) is 23.9 Å². The first-order valence-corrected chi connectivity index (χ1v) is 6.42. The van der Waals surface area contributed by atoms with Crippen LogP contribution in [0.3, 0.4) is 0 Å². The van der Waals surface area contributed by atoms with Gasteiger partial charge in [-0.3, -0.25) is 4.79 Å². The van der Waals surface area contributed by atoms with Gasteiger partial charge in [0, 0.05) is 12.0 Å². The zero-order chi connectivity index (χ0) is 13.2. The molecule has 0 aromatic heterocycles. The van der Waals surface area contributed by atoms with Crippen molar-refractivity contribution in [1.82, 2.24) is 0 Å². The molecule has 3 heteroatoms. The SMILES string of the molecule is CC1(C)CC[C@H](O)[C@H](CC(=O)c2ccccc2)O1. The predicted molar refractivity (Wildman–Crippen MR) is 69.6 cm³/mol. The van der Waals surface area contributed by atoms with Gasteiger partial charge in [-0.1, -0.05) is 30.3 Å². The lowest BCUT2D eigenvalue weighted by Gasteiger charge is -2.38. The Hall–Kier alpha value is -1.19. The quantitative estimate of drug-likeness (QED) is 0.836. The van der Waals surface area contributed by atoms with E-state index in [0.717, 1.165) is 6.42 Å². The first-order chi connectivity index (χ1) is 8.48. The van der Waals surface area contributed by atoms with Crippen molar-refractivity contribution in [3.63, 3.8) is 0 Å². The fourth-order valence-electron chi connectivity index (χ4n) is 2.33. The molecule has 2 rings (SSSR count). The third kappa shape index (κ3) is 3.18. The standard InChI is InChI=1S/C15H20O3/c1-15(2)9-8-12(16)14(18-15)10-13(17)11-6-4-3-5-7-11/h3-7,12,14,16H,8-10H2,1-2H3/t12-,14-/m0/s1. The van der Waals surface area contributed by atoms with Crippen LogP contribution in [-0.2, 0) is 4.74 Å². The van der Waals surface area contributed by atoms with Crippen molar-refractivity contribution in [3.8, 4) is 0 Å². The van der Waals surface area contributed by atoms with Crippen LogP contribution in [0, 0.1) is 0 Å². The van der Waals surface area contributed by atoms with Gasteiger partial charge in [0.05, 0.1) is 17.8 Å². The minimum Gasteiger partial charge on any atom is -0.390 e. The second-order valence-electron chi connectivity index (χ2n) is 5.52. The Balaban J connectivity index is 2.02. The first-order valence-electron chi connectivity index (χ1n) is 6.42.